The highest BCUT2D eigenvalue weighted by molar-refractivity contribution is 5.86. The van der Waals surface area contributed by atoms with Gasteiger partial charge in [-0.2, -0.15) is 0 Å². The van der Waals surface area contributed by atoms with Crippen LogP contribution in [0.15, 0.2) is 24.3 Å². The SMILES string of the molecule is COc1cc(OC)c2ccc(C3CCCCC3)nc2c1. The molecule has 1 heterocycles. The Morgan fingerprint density at radius 2 is 1.80 bits per heavy atom. The zero-order valence-electron chi connectivity index (χ0n) is 12.2. The summed E-state index contributed by atoms with van der Waals surface area (Å²) in [6.45, 7) is 0. The molecule has 3 nitrogen and oxygen atoms in total. The van der Waals surface area contributed by atoms with E-state index in [2.05, 4.69) is 12.1 Å². The minimum atomic E-state index is 0.616. The second-order valence-electron chi connectivity index (χ2n) is 5.47. The lowest BCUT2D eigenvalue weighted by Crippen LogP contribution is -2.06. The van der Waals surface area contributed by atoms with Crippen molar-refractivity contribution in [2.75, 3.05) is 14.2 Å². The van der Waals surface area contributed by atoms with Gasteiger partial charge in [-0.3, -0.25) is 4.98 Å². The van der Waals surface area contributed by atoms with Gasteiger partial charge in [-0.15, -0.1) is 0 Å². The van der Waals surface area contributed by atoms with Gasteiger partial charge in [0.15, 0.2) is 0 Å². The van der Waals surface area contributed by atoms with E-state index in [9.17, 15) is 0 Å². The molecule has 3 rings (SSSR count). The summed E-state index contributed by atoms with van der Waals surface area (Å²) in [7, 11) is 3.36. The second-order valence-corrected chi connectivity index (χ2v) is 5.47. The summed E-state index contributed by atoms with van der Waals surface area (Å²) in [5.74, 6) is 2.23. The molecule has 106 valence electrons. The van der Waals surface area contributed by atoms with Gasteiger partial charge in [0, 0.05) is 29.1 Å². The first-order valence-corrected chi connectivity index (χ1v) is 7.34. The highest BCUT2D eigenvalue weighted by Crippen LogP contribution is 2.35. The van der Waals surface area contributed by atoms with Crippen LogP contribution < -0.4 is 9.47 Å². The van der Waals surface area contributed by atoms with Gasteiger partial charge < -0.3 is 9.47 Å². The Kier molecular flexibility index (Phi) is 3.77. The molecule has 1 aliphatic rings. The van der Waals surface area contributed by atoms with Crippen LogP contribution in [0.5, 0.6) is 11.5 Å². The van der Waals surface area contributed by atoms with E-state index < -0.39 is 0 Å². The quantitative estimate of drug-likeness (QED) is 0.834. The van der Waals surface area contributed by atoms with Crippen LogP contribution in [0.3, 0.4) is 0 Å². The Labute approximate surface area is 119 Å². The van der Waals surface area contributed by atoms with Crippen molar-refractivity contribution in [3.63, 3.8) is 0 Å². The van der Waals surface area contributed by atoms with Crippen LogP contribution >= 0.6 is 0 Å². The Morgan fingerprint density at radius 3 is 2.50 bits per heavy atom. The highest BCUT2D eigenvalue weighted by atomic mass is 16.5. The molecule has 0 atom stereocenters. The first-order chi connectivity index (χ1) is 9.81. The lowest BCUT2D eigenvalue weighted by atomic mass is 9.86. The monoisotopic (exact) mass is 271 g/mol. The first-order valence-electron chi connectivity index (χ1n) is 7.34. The van der Waals surface area contributed by atoms with Gasteiger partial charge in [0.2, 0.25) is 0 Å². The van der Waals surface area contributed by atoms with Gasteiger partial charge in [0.05, 0.1) is 19.7 Å². The number of hydrogen-bond acceptors (Lipinski definition) is 3. The molecule has 0 radical (unpaired) electrons. The van der Waals surface area contributed by atoms with Gasteiger partial charge in [-0.1, -0.05) is 19.3 Å². The standard InChI is InChI=1S/C17H21NO2/c1-19-13-10-16-14(17(11-13)20-2)8-9-15(18-16)12-6-4-3-5-7-12/h8-12H,3-7H2,1-2H3. The number of aromatic nitrogens is 1. The largest absolute Gasteiger partial charge is 0.497 e. The Hall–Kier alpha value is -1.77. The van der Waals surface area contributed by atoms with E-state index in [4.69, 9.17) is 14.5 Å². The molecule has 0 N–H and O–H groups in total. The topological polar surface area (TPSA) is 31.4 Å². The minimum Gasteiger partial charge on any atom is -0.497 e. The van der Waals surface area contributed by atoms with Crippen molar-refractivity contribution < 1.29 is 9.47 Å². The lowest BCUT2D eigenvalue weighted by Gasteiger charge is -2.21. The molecular formula is C17H21NO2. The summed E-state index contributed by atoms with van der Waals surface area (Å²) in [6, 6.07) is 8.19. The Balaban J connectivity index is 2.04. The van der Waals surface area contributed by atoms with Crippen molar-refractivity contribution in [1.29, 1.82) is 0 Å². The van der Waals surface area contributed by atoms with Crippen molar-refractivity contribution in [1.82, 2.24) is 4.98 Å². The minimum absolute atomic E-state index is 0.616. The fourth-order valence-corrected chi connectivity index (χ4v) is 3.10. The number of methoxy groups -OCH3 is 2. The van der Waals surface area contributed by atoms with Crippen molar-refractivity contribution in [3.05, 3.63) is 30.0 Å². The van der Waals surface area contributed by atoms with Crippen LogP contribution in [0.1, 0.15) is 43.7 Å². The average Bonchev–Trinajstić information content (AvgIpc) is 2.54. The molecule has 1 aromatic heterocycles. The summed E-state index contributed by atoms with van der Waals surface area (Å²) >= 11 is 0. The van der Waals surface area contributed by atoms with Crippen molar-refractivity contribution >= 4 is 10.9 Å². The van der Waals surface area contributed by atoms with E-state index in [1.54, 1.807) is 14.2 Å². The molecular weight excluding hydrogens is 250 g/mol. The molecule has 0 unspecified atom stereocenters. The summed E-state index contributed by atoms with van der Waals surface area (Å²) in [4.78, 5) is 4.86. The predicted molar refractivity (Wildman–Crippen MR) is 80.7 cm³/mol. The summed E-state index contributed by atoms with van der Waals surface area (Å²) in [6.07, 6.45) is 6.54. The van der Waals surface area contributed by atoms with Crippen LogP contribution in [-0.2, 0) is 0 Å². The van der Waals surface area contributed by atoms with E-state index in [1.807, 2.05) is 12.1 Å². The normalized spacial score (nSPS) is 16.3. The predicted octanol–water partition coefficient (Wildman–Crippen LogP) is 4.30. The molecule has 0 spiro atoms. The van der Waals surface area contributed by atoms with Crippen LogP contribution in [0.2, 0.25) is 0 Å². The Bertz CT molecular complexity index is 603. The number of benzene rings is 1. The maximum absolute atomic E-state index is 5.44. The number of hydrogen-bond donors (Lipinski definition) is 0. The van der Waals surface area contributed by atoms with E-state index in [-0.39, 0.29) is 0 Å². The number of rotatable bonds is 3. The van der Waals surface area contributed by atoms with Crippen molar-refractivity contribution in [3.8, 4) is 11.5 Å². The molecule has 2 aromatic rings. The number of fused-ring (bicyclic) bond motifs is 1. The zero-order valence-corrected chi connectivity index (χ0v) is 12.2. The molecule has 20 heavy (non-hydrogen) atoms. The van der Waals surface area contributed by atoms with Gasteiger partial charge in [0.1, 0.15) is 11.5 Å². The maximum Gasteiger partial charge on any atom is 0.131 e. The fraction of sp³-hybridized carbons (Fsp3) is 0.471. The molecule has 1 aromatic carbocycles. The van der Waals surface area contributed by atoms with E-state index in [1.165, 1.54) is 37.8 Å². The maximum atomic E-state index is 5.44. The molecule has 3 heteroatoms. The van der Waals surface area contributed by atoms with Gasteiger partial charge in [-0.05, 0) is 25.0 Å². The highest BCUT2D eigenvalue weighted by Gasteiger charge is 2.17. The summed E-state index contributed by atoms with van der Waals surface area (Å²) < 4.78 is 10.8. The molecule has 0 aliphatic heterocycles. The lowest BCUT2D eigenvalue weighted by molar-refractivity contribution is 0.397. The third-order valence-corrected chi connectivity index (χ3v) is 4.24. The molecule has 0 saturated heterocycles. The summed E-state index contributed by atoms with van der Waals surface area (Å²) in [5.41, 5.74) is 2.18. The van der Waals surface area contributed by atoms with Gasteiger partial charge in [0.25, 0.3) is 0 Å². The van der Waals surface area contributed by atoms with Gasteiger partial charge >= 0.3 is 0 Å². The third kappa shape index (κ3) is 2.45. The Morgan fingerprint density at radius 1 is 1.00 bits per heavy atom. The van der Waals surface area contributed by atoms with E-state index >= 15 is 0 Å². The van der Waals surface area contributed by atoms with Crippen LogP contribution in [-0.4, -0.2) is 19.2 Å². The first kappa shape index (κ1) is 13.2. The molecule has 0 amide bonds. The molecule has 1 saturated carbocycles. The number of nitrogens with zero attached hydrogens (tertiary/aromatic N) is 1. The fourth-order valence-electron chi connectivity index (χ4n) is 3.10. The summed E-state index contributed by atoms with van der Waals surface area (Å²) in [5, 5.41) is 1.05. The number of ether oxygens (including phenoxy) is 2. The number of pyridine rings is 1. The molecule has 1 fully saturated rings. The third-order valence-electron chi connectivity index (χ3n) is 4.24. The van der Waals surface area contributed by atoms with E-state index in [0.29, 0.717) is 5.92 Å². The van der Waals surface area contributed by atoms with Crippen molar-refractivity contribution in [2.24, 2.45) is 0 Å². The molecule has 1 aliphatic carbocycles. The van der Waals surface area contributed by atoms with E-state index in [0.717, 1.165) is 22.4 Å². The smallest absolute Gasteiger partial charge is 0.131 e. The van der Waals surface area contributed by atoms with Gasteiger partial charge in [-0.25, -0.2) is 0 Å². The molecule has 0 bridgehead atoms. The van der Waals surface area contributed by atoms with Crippen LogP contribution in [0.25, 0.3) is 10.9 Å². The second kappa shape index (κ2) is 5.70. The van der Waals surface area contributed by atoms with Crippen LogP contribution in [0, 0.1) is 0 Å². The zero-order chi connectivity index (χ0) is 13.9. The average molecular weight is 271 g/mol. The van der Waals surface area contributed by atoms with Crippen molar-refractivity contribution in [2.45, 2.75) is 38.0 Å². The van der Waals surface area contributed by atoms with Crippen LogP contribution in [0.4, 0.5) is 0 Å².